The molecule has 0 aliphatic heterocycles. The number of nitrogens with one attached hydrogen (secondary N) is 1. The summed E-state index contributed by atoms with van der Waals surface area (Å²) in [6.07, 6.45) is 1.98. The van der Waals surface area contributed by atoms with Crippen molar-refractivity contribution in [3.8, 4) is 5.75 Å². The second-order valence-corrected chi connectivity index (χ2v) is 9.36. The second-order valence-electron chi connectivity index (χ2n) is 7.81. The van der Waals surface area contributed by atoms with E-state index in [9.17, 15) is 18.0 Å². The summed E-state index contributed by atoms with van der Waals surface area (Å²) in [6.45, 7) is 0.185. The Morgan fingerprint density at radius 2 is 1.46 bits per heavy atom. The van der Waals surface area contributed by atoms with E-state index in [1.165, 1.54) is 6.07 Å². The van der Waals surface area contributed by atoms with Crippen molar-refractivity contribution in [2.24, 2.45) is 5.92 Å². The summed E-state index contributed by atoms with van der Waals surface area (Å²) >= 11 is 0. The molecule has 1 heterocycles. The van der Waals surface area contributed by atoms with Crippen LogP contribution in [0.25, 0.3) is 0 Å². The van der Waals surface area contributed by atoms with E-state index in [-0.39, 0.29) is 54.2 Å². The van der Waals surface area contributed by atoms with Crippen LogP contribution < -0.4 is 9.46 Å². The summed E-state index contributed by atoms with van der Waals surface area (Å²) in [5.74, 6) is -0.463. The van der Waals surface area contributed by atoms with Crippen LogP contribution >= 0.6 is 0 Å². The molecule has 1 saturated carbocycles. The van der Waals surface area contributed by atoms with Crippen LogP contribution in [0.3, 0.4) is 0 Å². The van der Waals surface area contributed by atoms with Crippen molar-refractivity contribution >= 4 is 51.8 Å². The molecule has 1 amide bonds. The number of carbonyl (C=O) groups excluding carboxylic acids is 2. The third-order valence-corrected chi connectivity index (χ3v) is 6.32. The third-order valence-electron chi connectivity index (χ3n) is 5.08. The summed E-state index contributed by atoms with van der Waals surface area (Å²) in [5, 5.41) is 0. The van der Waals surface area contributed by atoms with Crippen molar-refractivity contribution in [1.82, 2.24) is 8.69 Å². The molecule has 3 aromatic rings. The van der Waals surface area contributed by atoms with E-state index < -0.39 is 22.3 Å². The Labute approximate surface area is 225 Å². The van der Waals surface area contributed by atoms with Crippen LogP contribution in [0.5, 0.6) is 5.75 Å². The van der Waals surface area contributed by atoms with E-state index in [2.05, 4.69) is 0 Å². The molecule has 11 heteroatoms. The maximum Gasteiger partial charge on any atom is 0.422 e. The van der Waals surface area contributed by atoms with Crippen molar-refractivity contribution in [2.75, 3.05) is 6.61 Å². The predicted molar refractivity (Wildman–Crippen MR) is 128 cm³/mol. The van der Waals surface area contributed by atoms with Crippen molar-refractivity contribution in [2.45, 2.75) is 26.1 Å². The number of hydrogen-bond donors (Lipinski definition) is 1. The first kappa shape index (κ1) is 26.8. The molecule has 0 bridgehead atoms. The molecule has 0 atom stereocenters. The molecule has 9 nitrogen and oxygen atoms in total. The predicted octanol–water partition coefficient (Wildman–Crippen LogP) is 3.27. The van der Waals surface area contributed by atoms with Crippen LogP contribution in [0.15, 0.2) is 72.9 Å². The van der Waals surface area contributed by atoms with Crippen molar-refractivity contribution < 1.29 is 32.2 Å². The number of hydrogen-bond acceptors (Lipinski definition) is 7. The molecule has 4 rings (SSSR count). The molecular weight excluding hydrogens is 483 g/mol. The number of benzene rings is 2. The SMILES string of the molecule is O=C(NS(=O)(=O)n1ccc(OCC2CC2)c1C(=O)OCc1ccccc1)OCc1ccccc1.[Na]. The minimum Gasteiger partial charge on any atom is -0.491 e. The number of aromatic nitrogens is 1. The van der Waals surface area contributed by atoms with Gasteiger partial charge in [0.15, 0.2) is 11.4 Å². The van der Waals surface area contributed by atoms with E-state index in [1.807, 2.05) is 10.8 Å². The molecule has 179 valence electrons. The van der Waals surface area contributed by atoms with Crippen molar-refractivity contribution in [1.29, 1.82) is 0 Å². The average Bonchev–Trinajstić information content (AvgIpc) is 3.57. The monoisotopic (exact) mass is 507 g/mol. The third kappa shape index (κ3) is 7.60. The van der Waals surface area contributed by atoms with Gasteiger partial charge in [-0.1, -0.05) is 60.7 Å². The quantitative estimate of drug-likeness (QED) is 0.331. The fourth-order valence-electron chi connectivity index (χ4n) is 3.10. The number of nitrogens with zero attached hydrogens (tertiary/aromatic N) is 1. The van der Waals surface area contributed by atoms with E-state index in [4.69, 9.17) is 14.2 Å². The zero-order valence-electron chi connectivity index (χ0n) is 19.3. The Balaban J connectivity index is 0.00000342. The van der Waals surface area contributed by atoms with Gasteiger partial charge >= 0.3 is 22.3 Å². The Bertz CT molecular complexity index is 1240. The fraction of sp³-hybridized carbons (Fsp3) is 0.250. The van der Waals surface area contributed by atoms with Crippen LogP contribution in [0.1, 0.15) is 34.5 Å². The van der Waals surface area contributed by atoms with Gasteiger partial charge in [-0.2, -0.15) is 8.42 Å². The molecule has 1 aliphatic rings. The molecule has 0 unspecified atom stereocenters. The standard InChI is InChI=1S/C24H24N2O7S.Na/c27-23(32-16-18-7-3-1-4-8-18)22-21(31-15-20-11-12-20)13-14-26(22)34(29,30)25-24(28)33-17-19-9-5-2-6-10-19;/h1-10,13-14,20H,11-12,15-17H2,(H,25,28);. The Morgan fingerprint density at radius 1 is 0.886 bits per heavy atom. The first-order chi connectivity index (χ1) is 16.4. The van der Waals surface area contributed by atoms with E-state index in [0.717, 1.165) is 24.6 Å². The first-order valence-electron chi connectivity index (χ1n) is 10.7. The number of carbonyl (C=O) groups is 2. The van der Waals surface area contributed by atoms with Gasteiger partial charge in [-0.05, 0) is 29.9 Å². The number of ether oxygens (including phenoxy) is 3. The van der Waals surface area contributed by atoms with E-state index >= 15 is 0 Å². The molecule has 1 aromatic heterocycles. The molecule has 2 aromatic carbocycles. The molecule has 1 fully saturated rings. The van der Waals surface area contributed by atoms with Gasteiger partial charge < -0.3 is 14.2 Å². The molecule has 0 spiro atoms. The fourth-order valence-corrected chi connectivity index (χ4v) is 4.09. The topological polar surface area (TPSA) is 113 Å². The second kappa shape index (κ2) is 12.3. The average molecular weight is 508 g/mol. The van der Waals surface area contributed by atoms with Crippen LogP contribution in [-0.2, 0) is 32.9 Å². The zero-order chi connectivity index (χ0) is 24.0. The van der Waals surface area contributed by atoms with Crippen LogP contribution in [0.2, 0.25) is 0 Å². The summed E-state index contributed by atoms with van der Waals surface area (Å²) in [6, 6.07) is 19.1. The molecular formula is C24H24N2NaO7S. The van der Waals surface area contributed by atoms with Crippen molar-refractivity contribution in [3.63, 3.8) is 0 Å². The number of rotatable bonds is 10. The molecule has 1 radical (unpaired) electrons. The van der Waals surface area contributed by atoms with E-state index in [1.54, 1.807) is 54.6 Å². The minimum atomic E-state index is -4.51. The van der Waals surface area contributed by atoms with Gasteiger partial charge in [-0.3, -0.25) is 0 Å². The van der Waals surface area contributed by atoms with E-state index in [0.29, 0.717) is 22.1 Å². The summed E-state index contributed by atoms with van der Waals surface area (Å²) < 4.78 is 44.3. The summed E-state index contributed by atoms with van der Waals surface area (Å²) in [5.41, 5.74) is 1.09. The van der Waals surface area contributed by atoms with Gasteiger partial charge in [-0.15, -0.1) is 0 Å². The maximum absolute atomic E-state index is 12.9. The first-order valence-corrected chi connectivity index (χ1v) is 12.2. The molecule has 0 saturated heterocycles. The molecule has 1 N–H and O–H groups in total. The zero-order valence-corrected chi connectivity index (χ0v) is 22.1. The van der Waals surface area contributed by atoms with Gasteiger partial charge in [0.1, 0.15) is 13.2 Å². The van der Waals surface area contributed by atoms with Gasteiger partial charge in [-0.25, -0.2) is 18.3 Å². The van der Waals surface area contributed by atoms with Crippen LogP contribution in [0.4, 0.5) is 4.79 Å². The Morgan fingerprint density at radius 3 is 2.03 bits per heavy atom. The summed E-state index contributed by atoms with van der Waals surface area (Å²) in [7, 11) is -4.51. The Kier molecular flexibility index (Phi) is 9.39. The van der Waals surface area contributed by atoms with Gasteiger partial charge in [0.2, 0.25) is 0 Å². The largest absolute Gasteiger partial charge is 0.491 e. The smallest absolute Gasteiger partial charge is 0.422 e. The maximum atomic E-state index is 12.9. The normalized spacial score (nSPS) is 12.8. The van der Waals surface area contributed by atoms with Crippen LogP contribution in [0, 0.1) is 5.92 Å². The molecule has 35 heavy (non-hydrogen) atoms. The number of esters is 1. The van der Waals surface area contributed by atoms with Gasteiger partial charge in [0.05, 0.1) is 6.61 Å². The molecule has 1 aliphatic carbocycles. The number of amides is 1. The van der Waals surface area contributed by atoms with Gasteiger partial charge in [0.25, 0.3) is 0 Å². The minimum absolute atomic E-state index is 0. The summed E-state index contributed by atoms with van der Waals surface area (Å²) in [4.78, 5) is 25.0. The van der Waals surface area contributed by atoms with Gasteiger partial charge in [0, 0.05) is 41.8 Å². The van der Waals surface area contributed by atoms with Crippen LogP contribution in [-0.4, -0.2) is 60.6 Å². The Hall–Kier alpha value is -2.79. The van der Waals surface area contributed by atoms with Crippen molar-refractivity contribution in [3.05, 3.63) is 89.7 Å².